The molecule has 2 saturated heterocycles. The Morgan fingerprint density at radius 3 is 2.65 bits per heavy atom. The van der Waals surface area contributed by atoms with Crippen molar-refractivity contribution in [1.29, 1.82) is 0 Å². The third-order valence-electron chi connectivity index (χ3n) is 3.97. The van der Waals surface area contributed by atoms with Crippen LogP contribution in [0.25, 0.3) is 0 Å². The van der Waals surface area contributed by atoms with Gasteiger partial charge in [0.15, 0.2) is 0 Å². The van der Waals surface area contributed by atoms with Crippen LogP contribution in [-0.4, -0.2) is 60.1 Å². The number of aliphatic hydroxyl groups is 1. The van der Waals surface area contributed by atoms with Crippen LogP contribution in [-0.2, 0) is 4.79 Å². The summed E-state index contributed by atoms with van der Waals surface area (Å²) in [5.41, 5.74) is 0. The third-order valence-corrected chi connectivity index (χ3v) is 3.97. The van der Waals surface area contributed by atoms with Crippen LogP contribution in [0.3, 0.4) is 0 Å². The van der Waals surface area contributed by atoms with E-state index in [0.29, 0.717) is 12.3 Å². The fourth-order valence-corrected chi connectivity index (χ4v) is 2.86. The monoisotopic (exact) mass is 240 g/mol. The summed E-state index contributed by atoms with van der Waals surface area (Å²) >= 11 is 0. The Labute approximate surface area is 104 Å². The lowest BCUT2D eigenvalue weighted by Gasteiger charge is -2.32. The van der Waals surface area contributed by atoms with Crippen molar-refractivity contribution in [3.8, 4) is 0 Å². The van der Waals surface area contributed by atoms with Gasteiger partial charge in [0.1, 0.15) is 0 Å². The van der Waals surface area contributed by atoms with E-state index in [4.69, 9.17) is 5.11 Å². The molecule has 0 saturated carbocycles. The highest BCUT2D eigenvalue weighted by atomic mass is 16.3. The average Bonchev–Trinajstić information content (AvgIpc) is 2.89. The van der Waals surface area contributed by atoms with Gasteiger partial charge in [-0.3, -0.25) is 4.79 Å². The zero-order valence-electron chi connectivity index (χ0n) is 10.6. The number of rotatable bonds is 4. The van der Waals surface area contributed by atoms with Crippen molar-refractivity contribution in [2.24, 2.45) is 5.92 Å². The Hall–Kier alpha value is -0.610. The van der Waals surface area contributed by atoms with Crippen LogP contribution >= 0.6 is 0 Å². The average molecular weight is 240 g/mol. The van der Waals surface area contributed by atoms with Gasteiger partial charge in [-0.2, -0.15) is 0 Å². The van der Waals surface area contributed by atoms with Crippen LogP contribution in [0, 0.1) is 5.92 Å². The molecule has 0 aliphatic carbocycles. The molecule has 1 N–H and O–H groups in total. The van der Waals surface area contributed by atoms with Crippen LogP contribution in [0.4, 0.5) is 0 Å². The van der Waals surface area contributed by atoms with Crippen molar-refractivity contribution in [2.45, 2.75) is 32.1 Å². The second-order valence-electron chi connectivity index (χ2n) is 5.33. The second-order valence-corrected chi connectivity index (χ2v) is 5.33. The van der Waals surface area contributed by atoms with Crippen molar-refractivity contribution in [3.05, 3.63) is 0 Å². The molecule has 0 spiro atoms. The Morgan fingerprint density at radius 1 is 1.18 bits per heavy atom. The summed E-state index contributed by atoms with van der Waals surface area (Å²) < 4.78 is 0. The highest BCUT2D eigenvalue weighted by Crippen LogP contribution is 2.17. The minimum atomic E-state index is 0.218. The molecule has 2 aliphatic heterocycles. The van der Waals surface area contributed by atoms with Gasteiger partial charge in [-0.05, 0) is 44.7 Å². The molecule has 0 aromatic carbocycles. The topological polar surface area (TPSA) is 43.8 Å². The van der Waals surface area contributed by atoms with Crippen LogP contribution in [0.5, 0.6) is 0 Å². The molecule has 2 aliphatic rings. The number of hydrogen-bond acceptors (Lipinski definition) is 3. The number of piperidine rings is 1. The van der Waals surface area contributed by atoms with E-state index in [-0.39, 0.29) is 12.5 Å². The van der Waals surface area contributed by atoms with E-state index in [1.807, 2.05) is 4.90 Å². The van der Waals surface area contributed by atoms with Gasteiger partial charge in [0.25, 0.3) is 0 Å². The number of aliphatic hydroxyl groups excluding tert-OH is 1. The summed E-state index contributed by atoms with van der Waals surface area (Å²) in [4.78, 5) is 16.4. The van der Waals surface area contributed by atoms with Crippen LogP contribution in [0.15, 0.2) is 0 Å². The fourth-order valence-electron chi connectivity index (χ4n) is 2.86. The van der Waals surface area contributed by atoms with Gasteiger partial charge in [0, 0.05) is 32.7 Å². The molecule has 0 radical (unpaired) electrons. The van der Waals surface area contributed by atoms with E-state index in [2.05, 4.69) is 4.90 Å². The summed E-state index contributed by atoms with van der Waals surface area (Å²) in [7, 11) is 0. The third kappa shape index (κ3) is 3.68. The number of likely N-dealkylation sites (tertiary alicyclic amines) is 2. The van der Waals surface area contributed by atoms with Gasteiger partial charge in [0.05, 0.1) is 0 Å². The summed E-state index contributed by atoms with van der Waals surface area (Å²) in [5.74, 6) is 0.578. The van der Waals surface area contributed by atoms with Crippen molar-refractivity contribution in [2.75, 3.05) is 39.3 Å². The fraction of sp³-hybridized carbons (Fsp3) is 0.923. The van der Waals surface area contributed by atoms with E-state index < -0.39 is 0 Å². The molecule has 0 aromatic rings. The molecule has 98 valence electrons. The summed E-state index contributed by atoms with van der Waals surface area (Å²) in [6.45, 7) is 5.10. The molecule has 0 aromatic heterocycles. The molecule has 17 heavy (non-hydrogen) atoms. The number of carbonyl (C=O) groups excluding carboxylic acids is 1. The molecule has 1 unspecified atom stereocenters. The predicted octanol–water partition coefficient (Wildman–Crippen LogP) is 0.703. The number of nitrogens with zero attached hydrogens (tertiary/aromatic N) is 2. The maximum absolute atomic E-state index is 12.0. The first kappa shape index (κ1) is 12.8. The highest BCUT2D eigenvalue weighted by molar-refractivity contribution is 5.76. The normalized spacial score (nSPS) is 26.4. The van der Waals surface area contributed by atoms with Gasteiger partial charge in [-0.15, -0.1) is 0 Å². The number of carbonyl (C=O) groups is 1. The summed E-state index contributed by atoms with van der Waals surface area (Å²) in [6.07, 6.45) is 5.32. The molecular weight excluding hydrogens is 216 g/mol. The summed E-state index contributed by atoms with van der Waals surface area (Å²) in [5, 5.41) is 9.15. The molecule has 2 rings (SSSR count). The maximum Gasteiger partial charge on any atom is 0.223 e. The highest BCUT2D eigenvalue weighted by Gasteiger charge is 2.23. The van der Waals surface area contributed by atoms with Crippen molar-refractivity contribution < 1.29 is 9.90 Å². The Kier molecular flexibility index (Phi) is 4.80. The van der Waals surface area contributed by atoms with E-state index >= 15 is 0 Å². The lowest BCUT2D eigenvalue weighted by Crippen LogP contribution is -2.42. The van der Waals surface area contributed by atoms with E-state index in [1.54, 1.807) is 0 Å². The zero-order chi connectivity index (χ0) is 12.1. The molecular formula is C13H24N2O2. The minimum Gasteiger partial charge on any atom is -0.396 e. The molecule has 2 fully saturated rings. The lowest BCUT2D eigenvalue weighted by atomic mass is 9.99. The van der Waals surface area contributed by atoms with Crippen LogP contribution in [0.1, 0.15) is 32.1 Å². The molecule has 2 heterocycles. The number of amides is 1. The van der Waals surface area contributed by atoms with Gasteiger partial charge >= 0.3 is 0 Å². The lowest BCUT2D eigenvalue weighted by molar-refractivity contribution is -0.133. The Morgan fingerprint density at radius 2 is 1.94 bits per heavy atom. The number of hydrogen-bond donors (Lipinski definition) is 1. The van der Waals surface area contributed by atoms with E-state index in [9.17, 15) is 4.79 Å². The first-order valence-electron chi connectivity index (χ1n) is 6.90. The second kappa shape index (κ2) is 6.36. The molecule has 4 nitrogen and oxygen atoms in total. The van der Waals surface area contributed by atoms with E-state index in [1.165, 1.54) is 12.8 Å². The minimum absolute atomic E-state index is 0.218. The largest absolute Gasteiger partial charge is 0.396 e. The predicted molar refractivity (Wildman–Crippen MR) is 66.7 cm³/mol. The SMILES string of the molecule is O=C(CCN1CCCC1)N1CCCC(CO)C1. The summed E-state index contributed by atoms with van der Waals surface area (Å²) in [6, 6.07) is 0. The molecule has 0 bridgehead atoms. The van der Waals surface area contributed by atoms with Gasteiger partial charge in [-0.25, -0.2) is 0 Å². The smallest absolute Gasteiger partial charge is 0.223 e. The zero-order valence-corrected chi connectivity index (χ0v) is 10.6. The first-order chi connectivity index (χ1) is 8.29. The van der Waals surface area contributed by atoms with Gasteiger partial charge in [0.2, 0.25) is 5.91 Å². The van der Waals surface area contributed by atoms with Gasteiger partial charge < -0.3 is 14.9 Å². The Bertz CT molecular complexity index is 252. The van der Waals surface area contributed by atoms with Crippen LogP contribution in [0.2, 0.25) is 0 Å². The van der Waals surface area contributed by atoms with Gasteiger partial charge in [-0.1, -0.05) is 0 Å². The standard InChI is InChI=1S/C13H24N2O2/c16-11-12-4-3-8-15(10-12)13(17)5-9-14-6-1-2-7-14/h12,16H,1-11H2. The van der Waals surface area contributed by atoms with E-state index in [0.717, 1.165) is 45.6 Å². The molecule has 1 amide bonds. The molecule has 1 atom stereocenters. The van der Waals surface area contributed by atoms with Crippen molar-refractivity contribution in [3.63, 3.8) is 0 Å². The van der Waals surface area contributed by atoms with Crippen molar-refractivity contribution >= 4 is 5.91 Å². The first-order valence-corrected chi connectivity index (χ1v) is 6.90. The van der Waals surface area contributed by atoms with Crippen LogP contribution < -0.4 is 0 Å². The molecule has 4 heteroatoms. The maximum atomic E-state index is 12.0. The quantitative estimate of drug-likeness (QED) is 0.787. The van der Waals surface area contributed by atoms with Crippen molar-refractivity contribution in [1.82, 2.24) is 9.80 Å². The Balaban J connectivity index is 1.71.